The summed E-state index contributed by atoms with van der Waals surface area (Å²) in [5.41, 5.74) is 0. The molecule has 16 heavy (non-hydrogen) atoms. The molecular formula is C10H13NO5. The normalized spacial score (nSPS) is 40.9. The summed E-state index contributed by atoms with van der Waals surface area (Å²) >= 11 is 0. The Kier molecular flexibility index (Phi) is 2.15. The maximum atomic E-state index is 11.6. The second kappa shape index (κ2) is 3.43. The third-order valence-corrected chi connectivity index (χ3v) is 3.35. The van der Waals surface area contributed by atoms with Crippen molar-refractivity contribution in [2.45, 2.75) is 31.6 Å². The lowest BCUT2D eigenvalue weighted by Crippen LogP contribution is -2.34. The van der Waals surface area contributed by atoms with E-state index in [1.165, 1.54) is 0 Å². The van der Waals surface area contributed by atoms with E-state index >= 15 is 0 Å². The number of rotatable bonds is 2. The minimum atomic E-state index is -0.817. The summed E-state index contributed by atoms with van der Waals surface area (Å²) in [5, 5.41) is 1.70. The average molecular weight is 227 g/mol. The van der Waals surface area contributed by atoms with Crippen molar-refractivity contribution in [2.24, 2.45) is 5.92 Å². The Hall–Kier alpha value is -1.14. The van der Waals surface area contributed by atoms with Crippen LogP contribution in [0, 0.1) is 5.92 Å². The highest BCUT2D eigenvalue weighted by Gasteiger charge is 2.62. The fourth-order valence-electron chi connectivity index (χ4n) is 2.72. The summed E-state index contributed by atoms with van der Waals surface area (Å²) in [4.78, 5) is 28.7. The Balaban J connectivity index is 1.83. The largest absolute Gasteiger partial charge is 0.464 e. The van der Waals surface area contributed by atoms with Crippen LogP contribution in [0.15, 0.2) is 0 Å². The maximum Gasteiger partial charge on any atom is 0.338 e. The molecule has 0 saturated carbocycles. The molecular weight excluding hydrogens is 214 g/mol. The summed E-state index contributed by atoms with van der Waals surface area (Å²) in [6.45, 7) is 2.72. The number of ether oxygens (including phenoxy) is 2. The molecule has 0 aliphatic carbocycles. The molecule has 0 N–H and O–H groups in total. The molecule has 3 heterocycles. The predicted molar refractivity (Wildman–Crippen MR) is 50.0 cm³/mol. The molecule has 3 aliphatic heterocycles. The number of carbonyl (C=O) groups excluding carboxylic acids is 2. The molecule has 3 rings (SSSR count). The molecule has 0 radical (unpaired) electrons. The number of esters is 2. The van der Waals surface area contributed by atoms with E-state index in [1.807, 2.05) is 0 Å². The highest BCUT2D eigenvalue weighted by molar-refractivity contribution is 5.86. The number of nitrogens with zero attached hydrogens (tertiary/aromatic N) is 1. The molecule has 3 fully saturated rings. The zero-order valence-corrected chi connectivity index (χ0v) is 8.92. The fraction of sp³-hybridized carbons (Fsp3) is 0.800. The number of hydroxylamine groups is 2. The monoisotopic (exact) mass is 227 g/mol. The Morgan fingerprint density at radius 3 is 3.19 bits per heavy atom. The Bertz CT molecular complexity index is 344. The van der Waals surface area contributed by atoms with Crippen LogP contribution in [0.1, 0.15) is 13.3 Å². The van der Waals surface area contributed by atoms with Crippen LogP contribution in [0.2, 0.25) is 0 Å². The lowest BCUT2D eigenvalue weighted by atomic mass is 9.95. The first kappa shape index (κ1) is 10.0. The van der Waals surface area contributed by atoms with Crippen molar-refractivity contribution in [1.82, 2.24) is 5.06 Å². The van der Waals surface area contributed by atoms with Crippen molar-refractivity contribution in [3.63, 3.8) is 0 Å². The molecule has 88 valence electrons. The second-order valence-electron chi connectivity index (χ2n) is 4.20. The van der Waals surface area contributed by atoms with Crippen molar-refractivity contribution < 1.29 is 23.9 Å². The molecule has 0 spiro atoms. The lowest BCUT2D eigenvalue weighted by molar-refractivity contribution is -0.190. The molecule has 0 bridgehead atoms. The highest BCUT2D eigenvalue weighted by Crippen LogP contribution is 2.42. The van der Waals surface area contributed by atoms with E-state index in [2.05, 4.69) is 0 Å². The van der Waals surface area contributed by atoms with E-state index in [1.54, 1.807) is 12.0 Å². The smallest absolute Gasteiger partial charge is 0.338 e. The molecule has 4 atom stereocenters. The maximum absolute atomic E-state index is 11.6. The van der Waals surface area contributed by atoms with Gasteiger partial charge >= 0.3 is 11.9 Å². The molecule has 0 amide bonds. The summed E-state index contributed by atoms with van der Waals surface area (Å²) in [6, 6.07) is -0.0955. The van der Waals surface area contributed by atoms with Crippen molar-refractivity contribution in [3.8, 4) is 0 Å². The van der Waals surface area contributed by atoms with Crippen molar-refractivity contribution in [3.05, 3.63) is 0 Å². The van der Waals surface area contributed by atoms with Gasteiger partial charge in [0.25, 0.3) is 0 Å². The molecule has 0 aromatic heterocycles. The van der Waals surface area contributed by atoms with Gasteiger partial charge in [-0.25, -0.2) is 4.79 Å². The minimum absolute atomic E-state index is 0.0955. The summed E-state index contributed by atoms with van der Waals surface area (Å²) < 4.78 is 10.1. The molecule has 6 heteroatoms. The molecule has 0 unspecified atom stereocenters. The Labute approximate surface area is 92.4 Å². The molecule has 6 nitrogen and oxygen atoms in total. The fourth-order valence-corrected chi connectivity index (χ4v) is 2.72. The van der Waals surface area contributed by atoms with Gasteiger partial charge in [0.2, 0.25) is 0 Å². The zero-order valence-electron chi connectivity index (χ0n) is 8.92. The van der Waals surface area contributed by atoms with Gasteiger partial charge in [-0.2, -0.15) is 5.06 Å². The van der Waals surface area contributed by atoms with Gasteiger partial charge in [0.15, 0.2) is 6.10 Å². The quantitative estimate of drug-likeness (QED) is 0.591. The van der Waals surface area contributed by atoms with E-state index in [-0.39, 0.29) is 24.7 Å². The van der Waals surface area contributed by atoms with Crippen LogP contribution in [0.5, 0.6) is 0 Å². The average Bonchev–Trinajstić information content (AvgIpc) is 2.85. The lowest BCUT2D eigenvalue weighted by Gasteiger charge is -2.13. The zero-order chi connectivity index (χ0) is 11.3. The van der Waals surface area contributed by atoms with E-state index in [0.717, 1.165) is 6.42 Å². The van der Waals surface area contributed by atoms with E-state index in [0.29, 0.717) is 6.54 Å². The summed E-state index contributed by atoms with van der Waals surface area (Å²) in [7, 11) is 0. The second-order valence-corrected chi connectivity index (χ2v) is 4.20. The summed E-state index contributed by atoms with van der Waals surface area (Å²) in [6.07, 6.45) is -0.151. The SMILES string of the molecule is CCOC(=O)[C@H]1ON2CC[C@H]3OC(=O)[C@@H]1[C@H]32. The van der Waals surface area contributed by atoms with Crippen LogP contribution in [-0.4, -0.2) is 48.4 Å². The third-order valence-electron chi connectivity index (χ3n) is 3.35. The van der Waals surface area contributed by atoms with Crippen LogP contribution >= 0.6 is 0 Å². The minimum Gasteiger partial charge on any atom is -0.464 e. The predicted octanol–water partition coefficient (Wildman–Crippen LogP) is -0.521. The van der Waals surface area contributed by atoms with Gasteiger partial charge in [0, 0.05) is 13.0 Å². The first-order chi connectivity index (χ1) is 7.72. The van der Waals surface area contributed by atoms with Crippen LogP contribution in [0.4, 0.5) is 0 Å². The molecule has 0 aromatic carbocycles. The number of hydrogen-bond acceptors (Lipinski definition) is 6. The first-order valence-corrected chi connectivity index (χ1v) is 5.53. The molecule has 3 saturated heterocycles. The topological polar surface area (TPSA) is 65.1 Å². The van der Waals surface area contributed by atoms with Crippen molar-refractivity contribution >= 4 is 11.9 Å². The van der Waals surface area contributed by atoms with Crippen molar-refractivity contribution in [2.75, 3.05) is 13.2 Å². The third kappa shape index (κ3) is 1.20. The number of hydrogen-bond donors (Lipinski definition) is 0. The van der Waals surface area contributed by atoms with E-state index in [9.17, 15) is 9.59 Å². The van der Waals surface area contributed by atoms with Crippen LogP contribution < -0.4 is 0 Å². The van der Waals surface area contributed by atoms with Crippen LogP contribution in [0.25, 0.3) is 0 Å². The highest BCUT2D eigenvalue weighted by atomic mass is 16.7. The van der Waals surface area contributed by atoms with Crippen LogP contribution in [-0.2, 0) is 23.9 Å². The van der Waals surface area contributed by atoms with Gasteiger partial charge in [0.05, 0.1) is 12.6 Å². The standard InChI is InChI=1S/C10H13NO5/c1-2-14-10(13)8-6-7-5(15-9(6)12)3-4-11(7)16-8/h5-8H,2-4H2,1H3/t5-,6-,7+,8+/m1/s1. The molecule has 0 aromatic rings. The van der Waals surface area contributed by atoms with Crippen LogP contribution in [0.3, 0.4) is 0 Å². The Morgan fingerprint density at radius 1 is 1.62 bits per heavy atom. The van der Waals surface area contributed by atoms with Gasteiger partial charge in [-0.1, -0.05) is 0 Å². The van der Waals surface area contributed by atoms with Gasteiger partial charge < -0.3 is 9.47 Å². The van der Waals surface area contributed by atoms with Crippen molar-refractivity contribution in [1.29, 1.82) is 0 Å². The van der Waals surface area contributed by atoms with Gasteiger partial charge in [0.1, 0.15) is 12.0 Å². The Morgan fingerprint density at radius 2 is 2.44 bits per heavy atom. The summed E-state index contributed by atoms with van der Waals surface area (Å²) in [5.74, 6) is -1.32. The van der Waals surface area contributed by atoms with Gasteiger partial charge in [-0.05, 0) is 6.92 Å². The van der Waals surface area contributed by atoms with E-state index in [4.69, 9.17) is 14.3 Å². The molecule has 3 aliphatic rings. The van der Waals surface area contributed by atoms with Gasteiger partial charge in [-0.15, -0.1) is 0 Å². The first-order valence-electron chi connectivity index (χ1n) is 5.53. The van der Waals surface area contributed by atoms with E-state index < -0.39 is 18.0 Å². The van der Waals surface area contributed by atoms with Gasteiger partial charge in [-0.3, -0.25) is 9.63 Å². The number of carbonyl (C=O) groups is 2.